The van der Waals surface area contributed by atoms with Crippen LogP contribution in [-0.4, -0.2) is 44.8 Å². The van der Waals surface area contributed by atoms with Crippen molar-refractivity contribution in [3.8, 4) is 11.6 Å². The quantitative estimate of drug-likeness (QED) is 0.496. The van der Waals surface area contributed by atoms with E-state index in [-0.39, 0.29) is 12.0 Å². The molecule has 1 amide bonds. The van der Waals surface area contributed by atoms with Crippen LogP contribution in [0, 0.1) is 13.8 Å². The summed E-state index contributed by atoms with van der Waals surface area (Å²) < 4.78 is 7.54. The topological polar surface area (TPSA) is 85.2 Å². The number of piperidine rings is 1. The van der Waals surface area contributed by atoms with E-state index < -0.39 is 0 Å². The van der Waals surface area contributed by atoms with Crippen molar-refractivity contribution in [2.75, 3.05) is 18.0 Å². The van der Waals surface area contributed by atoms with Gasteiger partial charge in [-0.3, -0.25) is 4.79 Å². The van der Waals surface area contributed by atoms with Gasteiger partial charge in [0, 0.05) is 37.8 Å². The summed E-state index contributed by atoms with van der Waals surface area (Å²) in [6, 6.07) is 9.85. The lowest BCUT2D eigenvalue weighted by atomic mass is 10.1. The van der Waals surface area contributed by atoms with Crippen molar-refractivity contribution < 1.29 is 9.53 Å². The molecule has 0 saturated carbocycles. The maximum absolute atomic E-state index is 12.5. The number of aryl methyl sites for hydroxylation is 1. The molecule has 0 radical (unpaired) electrons. The Balaban J connectivity index is 1.35. The first-order chi connectivity index (χ1) is 16.9. The Hall–Kier alpha value is -3.42. The number of nitrogens with zero attached hydrogens (tertiary/aromatic N) is 5. The molecule has 1 fully saturated rings. The third-order valence-corrected chi connectivity index (χ3v) is 6.36. The Bertz CT molecular complexity index is 1130. The minimum atomic E-state index is 0.0217. The van der Waals surface area contributed by atoms with Crippen LogP contribution in [0.15, 0.2) is 36.7 Å². The molecule has 0 spiro atoms. The zero-order valence-electron chi connectivity index (χ0n) is 21.3. The first-order valence-corrected chi connectivity index (χ1v) is 12.6. The molecule has 4 rings (SSSR count). The summed E-state index contributed by atoms with van der Waals surface area (Å²) >= 11 is 0. The summed E-state index contributed by atoms with van der Waals surface area (Å²) in [6.45, 7) is 10.6. The summed E-state index contributed by atoms with van der Waals surface area (Å²) in [7, 11) is 0. The normalized spacial score (nSPS) is 13.8. The van der Waals surface area contributed by atoms with E-state index in [2.05, 4.69) is 20.2 Å². The number of benzene rings is 1. The number of hydrogen-bond donors (Lipinski definition) is 1. The van der Waals surface area contributed by atoms with Gasteiger partial charge in [-0.05, 0) is 76.6 Å². The van der Waals surface area contributed by atoms with E-state index in [1.807, 2.05) is 62.7 Å². The van der Waals surface area contributed by atoms with Gasteiger partial charge in [0.2, 0.25) is 5.91 Å². The molecule has 2 aromatic heterocycles. The van der Waals surface area contributed by atoms with Crippen molar-refractivity contribution in [3.05, 3.63) is 59.2 Å². The largest absolute Gasteiger partial charge is 0.491 e. The molecule has 0 bridgehead atoms. The van der Waals surface area contributed by atoms with Gasteiger partial charge < -0.3 is 15.0 Å². The molecule has 1 saturated heterocycles. The Morgan fingerprint density at radius 2 is 1.77 bits per heavy atom. The zero-order chi connectivity index (χ0) is 24.8. The van der Waals surface area contributed by atoms with E-state index in [1.54, 1.807) is 6.33 Å². The summed E-state index contributed by atoms with van der Waals surface area (Å²) in [4.78, 5) is 23.8. The van der Waals surface area contributed by atoms with Gasteiger partial charge in [0.15, 0.2) is 5.82 Å². The van der Waals surface area contributed by atoms with Gasteiger partial charge in [-0.1, -0.05) is 12.1 Å². The zero-order valence-corrected chi connectivity index (χ0v) is 21.3. The summed E-state index contributed by atoms with van der Waals surface area (Å²) in [5, 5.41) is 7.75. The van der Waals surface area contributed by atoms with Crippen LogP contribution >= 0.6 is 0 Å². The highest BCUT2D eigenvalue weighted by Crippen LogP contribution is 2.22. The van der Waals surface area contributed by atoms with Crippen LogP contribution in [0.2, 0.25) is 0 Å². The molecule has 1 N–H and O–H groups in total. The molecule has 3 aromatic rings. The molecule has 8 nitrogen and oxygen atoms in total. The third-order valence-electron chi connectivity index (χ3n) is 6.36. The van der Waals surface area contributed by atoms with Crippen molar-refractivity contribution in [1.82, 2.24) is 25.1 Å². The molecule has 186 valence electrons. The van der Waals surface area contributed by atoms with Crippen LogP contribution in [0.25, 0.3) is 5.82 Å². The van der Waals surface area contributed by atoms with E-state index in [0.29, 0.717) is 19.4 Å². The second-order valence-electron chi connectivity index (χ2n) is 9.43. The van der Waals surface area contributed by atoms with Crippen LogP contribution in [0.5, 0.6) is 5.75 Å². The predicted molar refractivity (Wildman–Crippen MR) is 137 cm³/mol. The van der Waals surface area contributed by atoms with Gasteiger partial charge in [-0.2, -0.15) is 5.10 Å². The highest BCUT2D eigenvalue weighted by molar-refractivity contribution is 5.76. The fourth-order valence-corrected chi connectivity index (χ4v) is 4.49. The average Bonchev–Trinajstić information content (AvgIpc) is 3.15. The SMILES string of the molecule is Cc1nn(-c2cc(N3CCCCC3)ncn2)c(C)c1CCC(=O)NCc1ccc(OC(C)C)cc1. The van der Waals surface area contributed by atoms with Crippen molar-refractivity contribution >= 4 is 11.7 Å². The van der Waals surface area contributed by atoms with E-state index in [4.69, 9.17) is 9.84 Å². The summed E-state index contributed by atoms with van der Waals surface area (Å²) in [5.41, 5.74) is 4.07. The molecule has 35 heavy (non-hydrogen) atoms. The number of amides is 1. The van der Waals surface area contributed by atoms with Crippen LogP contribution in [0.3, 0.4) is 0 Å². The first kappa shape index (κ1) is 24.7. The highest BCUT2D eigenvalue weighted by atomic mass is 16.5. The minimum Gasteiger partial charge on any atom is -0.491 e. The predicted octanol–water partition coefficient (Wildman–Crippen LogP) is 4.31. The van der Waals surface area contributed by atoms with Crippen LogP contribution in [0.1, 0.15) is 62.0 Å². The van der Waals surface area contributed by atoms with Crippen molar-refractivity contribution in [2.45, 2.75) is 72.4 Å². The van der Waals surface area contributed by atoms with E-state index in [0.717, 1.165) is 53.0 Å². The number of rotatable bonds is 9. The minimum absolute atomic E-state index is 0.0217. The number of anilines is 1. The molecular weight excluding hydrogens is 440 g/mol. The van der Waals surface area contributed by atoms with Crippen molar-refractivity contribution in [3.63, 3.8) is 0 Å². The number of ether oxygens (including phenoxy) is 1. The highest BCUT2D eigenvalue weighted by Gasteiger charge is 2.17. The Morgan fingerprint density at radius 1 is 1.06 bits per heavy atom. The molecular formula is C27H36N6O2. The lowest BCUT2D eigenvalue weighted by Gasteiger charge is -2.27. The maximum Gasteiger partial charge on any atom is 0.220 e. The Labute approximate surface area is 207 Å². The number of carbonyl (C=O) groups is 1. The van der Waals surface area contributed by atoms with Gasteiger partial charge in [-0.15, -0.1) is 0 Å². The average molecular weight is 477 g/mol. The fraction of sp³-hybridized carbons (Fsp3) is 0.481. The monoisotopic (exact) mass is 476 g/mol. The maximum atomic E-state index is 12.5. The fourth-order valence-electron chi connectivity index (χ4n) is 4.49. The van der Waals surface area contributed by atoms with E-state index >= 15 is 0 Å². The molecule has 0 aliphatic carbocycles. The molecule has 0 atom stereocenters. The number of hydrogen-bond acceptors (Lipinski definition) is 6. The Morgan fingerprint density at radius 3 is 2.49 bits per heavy atom. The molecule has 1 aliphatic heterocycles. The first-order valence-electron chi connectivity index (χ1n) is 12.6. The smallest absolute Gasteiger partial charge is 0.220 e. The second-order valence-corrected chi connectivity index (χ2v) is 9.43. The van der Waals surface area contributed by atoms with Gasteiger partial charge in [0.25, 0.3) is 0 Å². The molecule has 8 heteroatoms. The van der Waals surface area contributed by atoms with E-state index in [9.17, 15) is 4.79 Å². The van der Waals surface area contributed by atoms with Crippen molar-refractivity contribution in [2.24, 2.45) is 0 Å². The van der Waals surface area contributed by atoms with Gasteiger partial charge in [0.1, 0.15) is 17.9 Å². The summed E-state index contributed by atoms with van der Waals surface area (Å²) in [6.07, 6.45) is 6.47. The van der Waals surface area contributed by atoms with E-state index in [1.165, 1.54) is 19.3 Å². The van der Waals surface area contributed by atoms with Gasteiger partial charge in [0.05, 0.1) is 11.8 Å². The number of aromatic nitrogens is 4. The van der Waals surface area contributed by atoms with Crippen LogP contribution in [-0.2, 0) is 17.8 Å². The molecule has 1 aromatic carbocycles. The van der Waals surface area contributed by atoms with Crippen LogP contribution < -0.4 is 15.0 Å². The number of carbonyl (C=O) groups excluding carboxylic acids is 1. The number of nitrogens with one attached hydrogen (secondary N) is 1. The van der Waals surface area contributed by atoms with Gasteiger partial charge in [-0.25, -0.2) is 14.6 Å². The van der Waals surface area contributed by atoms with Crippen LogP contribution in [0.4, 0.5) is 5.82 Å². The third kappa shape index (κ3) is 6.38. The standard InChI is InChI=1S/C27H36N6O2/c1-19(2)35-23-10-8-22(9-11-23)17-28-27(34)13-12-24-20(3)31-33(21(24)4)26-16-25(29-18-30-26)32-14-6-5-7-15-32/h8-11,16,18-19H,5-7,12-15,17H2,1-4H3,(H,28,34). The molecule has 1 aliphatic rings. The molecule has 0 unspecified atom stereocenters. The lowest BCUT2D eigenvalue weighted by Crippen LogP contribution is -2.30. The van der Waals surface area contributed by atoms with Crippen molar-refractivity contribution in [1.29, 1.82) is 0 Å². The summed E-state index contributed by atoms with van der Waals surface area (Å²) in [5.74, 6) is 2.58. The molecule has 3 heterocycles. The lowest BCUT2D eigenvalue weighted by molar-refractivity contribution is -0.121. The second kappa shape index (κ2) is 11.3. The van der Waals surface area contributed by atoms with Gasteiger partial charge >= 0.3 is 0 Å². The Kier molecular flexibility index (Phi) is 8.00.